The normalized spacial score (nSPS) is 30.1. The van der Waals surface area contributed by atoms with Crippen LogP contribution in [0.3, 0.4) is 0 Å². The first-order valence-electron chi connectivity index (χ1n) is 10.8. The zero-order valence-electron chi connectivity index (χ0n) is 16.4. The molecule has 0 aromatic heterocycles. The molecule has 2 heterocycles. The van der Waals surface area contributed by atoms with Crippen LogP contribution in [0.25, 0.3) is 0 Å². The van der Waals surface area contributed by atoms with Crippen molar-refractivity contribution in [1.82, 2.24) is 0 Å². The molecule has 1 saturated carbocycles. The van der Waals surface area contributed by atoms with Crippen molar-refractivity contribution in [1.29, 1.82) is 0 Å². The van der Waals surface area contributed by atoms with Gasteiger partial charge in [-0.1, -0.05) is 37.5 Å². The van der Waals surface area contributed by atoms with Gasteiger partial charge in [-0.15, -0.1) is 0 Å². The van der Waals surface area contributed by atoms with Gasteiger partial charge in [-0.05, 0) is 68.2 Å². The van der Waals surface area contributed by atoms with Gasteiger partial charge in [0.25, 0.3) is 0 Å². The van der Waals surface area contributed by atoms with Gasteiger partial charge in [0.1, 0.15) is 0 Å². The summed E-state index contributed by atoms with van der Waals surface area (Å²) in [6.07, 6.45) is 14.5. The Labute approximate surface area is 167 Å². The van der Waals surface area contributed by atoms with Crippen molar-refractivity contribution in [3.8, 4) is 0 Å². The number of aryl methyl sites for hydroxylation is 1. The molecule has 2 saturated heterocycles. The number of hydrogen-bond acceptors (Lipinski definition) is 3. The monoisotopic (exact) mass is 382 g/mol. The van der Waals surface area contributed by atoms with E-state index in [4.69, 9.17) is 9.84 Å². The first-order chi connectivity index (χ1) is 13.6. The number of allylic oxidation sites excluding steroid dienone is 1. The second-order valence-electron chi connectivity index (χ2n) is 8.67. The van der Waals surface area contributed by atoms with E-state index in [-0.39, 0.29) is 12.0 Å². The van der Waals surface area contributed by atoms with Crippen LogP contribution >= 0.6 is 0 Å². The van der Waals surface area contributed by atoms with Gasteiger partial charge < -0.3 is 9.84 Å². The van der Waals surface area contributed by atoms with Crippen LogP contribution in [0.4, 0.5) is 0 Å². The van der Waals surface area contributed by atoms with E-state index in [1.807, 2.05) is 18.2 Å². The van der Waals surface area contributed by atoms with Crippen LogP contribution in [-0.4, -0.2) is 29.1 Å². The molecule has 0 spiro atoms. The van der Waals surface area contributed by atoms with Crippen molar-refractivity contribution in [3.63, 3.8) is 0 Å². The molecule has 0 radical (unpaired) electrons. The van der Waals surface area contributed by atoms with Crippen LogP contribution in [-0.2, 0) is 16.0 Å². The Bertz CT molecular complexity index is 729. The maximum atomic E-state index is 12.6. The Morgan fingerprint density at radius 1 is 1.00 bits per heavy atom. The molecule has 3 fully saturated rings. The summed E-state index contributed by atoms with van der Waals surface area (Å²) in [5.41, 5.74) is 1.49. The van der Waals surface area contributed by atoms with Crippen molar-refractivity contribution in [2.24, 2.45) is 17.8 Å². The topological polar surface area (TPSA) is 63.6 Å². The molecule has 4 nitrogen and oxygen atoms in total. The number of fused-ring (bicyclic) bond motifs is 2. The third kappa shape index (κ3) is 4.22. The Hall–Kier alpha value is -1.94. The van der Waals surface area contributed by atoms with Crippen molar-refractivity contribution in [2.45, 2.75) is 70.0 Å². The summed E-state index contributed by atoms with van der Waals surface area (Å²) >= 11 is 0. The second kappa shape index (κ2) is 8.60. The molecule has 2 aliphatic heterocycles. The molecule has 3 aliphatic rings. The number of rotatable bonds is 7. The first-order valence-corrected chi connectivity index (χ1v) is 10.8. The molecular formula is C24H30O4. The highest BCUT2D eigenvalue weighted by molar-refractivity contribution is 5.91. The van der Waals surface area contributed by atoms with Gasteiger partial charge in [0.2, 0.25) is 0 Å². The number of ether oxygens (including phenoxy) is 1. The Balaban J connectivity index is 1.37. The molecule has 28 heavy (non-hydrogen) atoms. The molecule has 2 bridgehead atoms. The number of carboxylic acids is 1. The fourth-order valence-electron chi connectivity index (χ4n) is 5.33. The maximum Gasteiger partial charge on any atom is 0.335 e. The van der Waals surface area contributed by atoms with Crippen molar-refractivity contribution in [3.05, 3.63) is 47.5 Å². The minimum absolute atomic E-state index is 0.232. The molecule has 4 heteroatoms. The zero-order chi connectivity index (χ0) is 19.5. The van der Waals surface area contributed by atoms with Crippen molar-refractivity contribution in [2.75, 3.05) is 0 Å². The van der Waals surface area contributed by atoms with Gasteiger partial charge in [-0.25, -0.2) is 4.79 Å². The lowest BCUT2D eigenvalue weighted by molar-refractivity contribution is -0.119. The van der Waals surface area contributed by atoms with E-state index in [1.165, 1.54) is 19.3 Å². The summed E-state index contributed by atoms with van der Waals surface area (Å²) in [6.45, 7) is 0. The summed E-state index contributed by atoms with van der Waals surface area (Å²) < 4.78 is 6.17. The van der Waals surface area contributed by atoms with Crippen molar-refractivity contribution >= 4 is 11.8 Å². The predicted octanol–water partition coefficient (Wildman–Crippen LogP) is 4.82. The van der Waals surface area contributed by atoms with Crippen LogP contribution in [0.15, 0.2) is 36.4 Å². The van der Waals surface area contributed by atoms with E-state index in [0.29, 0.717) is 29.3 Å². The van der Waals surface area contributed by atoms with Crippen molar-refractivity contribution < 1.29 is 19.4 Å². The van der Waals surface area contributed by atoms with Gasteiger partial charge in [0.05, 0.1) is 17.8 Å². The summed E-state index contributed by atoms with van der Waals surface area (Å²) in [6, 6.07) is 7.17. The summed E-state index contributed by atoms with van der Waals surface area (Å²) in [5.74, 6) is 0.444. The third-order valence-corrected chi connectivity index (χ3v) is 6.94. The lowest BCUT2D eigenvalue weighted by Crippen LogP contribution is -2.26. The van der Waals surface area contributed by atoms with Gasteiger partial charge in [0.15, 0.2) is 5.78 Å². The van der Waals surface area contributed by atoms with Gasteiger partial charge in [-0.2, -0.15) is 0 Å². The quantitative estimate of drug-likeness (QED) is 0.687. The Morgan fingerprint density at radius 3 is 2.43 bits per heavy atom. The minimum atomic E-state index is -0.888. The fraction of sp³-hybridized carbons (Fsp3) is 0.583. The highest BCUT2D eigenvalue weighted by Gasteiger charge is 2.47. The number of benzene rings is 1. The van der Waals surface area contributed by atoms with E-state index in [2.05, 4.69) is 6.08 Å². The highest BCUT2D eigenvalue weighted by atomic mass is 16.5. The average molecular weight is 383 g/mol. The third-order valence-electron chi connectivity index (χ3n) is 6.94. The fourth-order valence-corrected chi connectivity index (χ4v) is 5.33. The predicted molar refractivity (Wildman–Crippen MR) is 107 cm³/mol. The molecule has 1 aliphatic carbocycles. The summed E-state index contributed by atoms with van der Waals surface area (Å²) in [5, 5.41) is 9.03. The van der Waals surface area contributed by atoms with E-state index >= 15 is 0 Å². The number of hydrogen-bond donors (Lipinski definition) is 1. The standard InChI is InChI=1S/C24H30O4/c25-21(17-4-2-1-3-5-17)13-12-20-19(22-14-15-23(20)28-22)11-8-16-6-9-18(10-7-16)24(26)27/h6-7,9-10,12-13,17,19-20,22-23H,1-5,8,11,14-15H2,(H,26,27)/b13-12+/t19-,20-,22+,23-/m1/s1. The number of carbonyl (C=O) groups excluding carboxylic acids is 1. The van der Waals surface area contributed by atoms with Gasteiger partial charge in [-0.3, -0.25) is 4.79 Å². The summed E-state index contributed by atoms with van der Waals surface area (Å²) in [7, 11) is 0. The lowest BCUT2D eigenvalue weighted by Gasteiger charge is -2.26. The number of ketones is 1. The molecule has 150 valence electrons. The van der Waals surface area contributed by atoms with E-state index < -0.39 is 5.97 Å². The van der Waals surface area contributed by atoms with Gasteiger partial charge >= 0.3 is 5.97 Å². The van der Waals surface area contributed by atoms with Crippen LogP contribution in [0, 0.1) is 17.8 Å². The molecule has 1 aromatic carbocycles. The van der Waals surface area contributed by atoms with Crippen LogP contribution < -0.4 is 0 Å². The second-order valence-corrected chi connectivity index (χ2v) is 8.67. The Morgan fingerprint density at radius 2 is 1.71 bits per heavy atom. The van der Waals surface area contributed by atoms with Crippen LogP contribution in [0.2, 0.25) is 0 Å². The molecular weight excluding hydrogens is 352 g/mol. The largest absolute Gasteiger partial charge is 0.478 e. The van der Waals surface area contributed by atoms with Crippen LogP contribution in [0.1, 0.15) is 67.3 Å². The minimum Gasteiger partial charge on any atom is -0.478 e. The number of carboxylic acid groups (broad SMARTS) is 1. The molecule has 4 rings (SSSR count). The molecule has 4 atom stereocenters. The van der Waals surface area contributed by atoms with E-state index in [9.17, 15) is 9.59 Å². The molecule has 1 aromatic rings. The molecule has 1 N–H and O–H groups in total. The van der Waals surface area contributed by atoms with Crippen LogP contribution in [0.5, 0.6) is 0 Å². The smallest absolute Gasteiger partial charge is 0.335 e. The average Bonchev–Trinajstić information content (AvgIpc) is 3.33. The zero-order valence-corrected chi connectivity index (χ0v) is 16.4. The highest BCUT2D eigenvalue weighted by Crippen LogP contribution is 2.46. The summed E-state index contributed by atoms with van der Waals surface area (Å²) in [4.78, 5) is 23.6. The first kappa shape index (κ1) is 19.4. The number of aromatic carboxylic acids is 1. The maximum absolute atomic E-state index is 12.6. The van der Waals surface area contributed by atoms with Gasteiger partial charge in [0, 0.05) is 11.8 Å². The SMILES string of the molecule is O=C(O)c1ccc(CC[C@@H]2[C@@H](/C=C/C(=O)C3CCCCC3)[C@H]3CC[C@@H]2O3)cc1. The number of carbonyl (C=O) groups is 2. The van der Waals surface area contributed by atoms with E-state index in [0.717, 1.165) is 44.1 Å². The lowest BCUT2D eigenvalue weighted by atomic mass is 9.76. The molecule has 0 amide bonds. The van der Waals surface area contributed by atoms with E-state index in [1.54, 1.807) is 12.1 Å². The Kier molecular flexibility index (Phi) is 5.96. The molecule has 0 unspecified atom stereocenters.